The monoisotopic (exact) mass is 594 g/mol. The van der Waals surface area contributed by atoms with E-state index in [4.69, 9.17) is 4.42 Å². The predicted molar refractivity (Wildman–Crippen MR) is 172 cm³/mol. The lowest BCUT2D eigenvalue weighted by atomic mass is 9.90. The van der Waals surface area contributed by atoms with Crippen LogP contribution in [0.1, 0.15) is 43.4 Å². The maximum absolute atomic E-state index is 13.4. The first-order valence-electron chi connectivity index (χ1n) is 15.0. The predicted octanol–water partition coefficient (Wildman–Crippen LogP) is 5.15. The Morgan fingerprint density at radius 2 is 1.75 bits per heavy atom. The molecule has 1 aliphatic rings. The van der Waals surface area contributed by atoms with Gasteiger partial charge in [0.2, 0.25) is 11.8 Å². The molecule has 3 aromatic heterocycles. The molecule has 0 spiro atoms. The number of aromatic amines is 1. The van der Waals surface area contributed by atoms with Gasteiger partial charge in [0.25, 0.3) is 5.56 Å². The maximum Gasteiger partial charge on any atom is 0.261 e. The van der Waals surface area contributed by atoms with Crippen molar-refractivity contribution < 1.29 is 14.0 Å². The second-order valence-corrected chi connectivity index (χ2v) is 12.2. The van der Waals surface area contributed by atoms with E-state index in [9.17, 15) is 14.4 Å². The van der Waals surface area contributed by atoms with E-state index in [2.05, 4.69) is 21.2 Å². The highest BCUT2D eigenvalue weighted by atomic mass is 16.3. The zero-order valence-electron chi connectivity index (χ0n) is 26.1. The van der Waals surface area contributed by atoms with Gasteiger partial charge in [-0.3, -0.25) is 24.4 Å². The van der Waals surface area contributed by atoms with Crippen LogP contribution < -0.4 is 15.4 Å². The lowest BCUT2D eigenvalue weighted by Gasteiger charge is -2.27. The molecule has 1 aliphatic heterocycles. The molecule has 2 amide bonds. The summed E-state index contributed by atoms with van der Waals surface area (Å²) in [7, 11) is 1.73. The summed E-state index contributed by atoms with van der Waals surface area (Å²) >= 11 is 0. The number of pyridine rings is 1. The Labute approximate surface area is 255 Å². The van der Waals surface area contributed by atoms with Crippen LogP contribution in [0.4, 0.5) is 11.4 Å². The fourth-order valence-electron chi connectivity index (χ4n) is 6.22. The number of amides is 2. The average Bonchev–Trinajstić information content (AvgIpc) is 3.59. The van der Waals surface area contributed by atoms with E-state index in [1.165, 1.54) is 0 Å². The van der Waals surface area contributed by atoms with Gasteiger partial charge in [-0.25, -0.2) is 0 Å². The van der Waals surface area contributed by atoms with Crippen LogP contribution in [0.5, 0.6) is 0 Å². The normalized spacial score (nSPS) is 15.1. The molecule has 4 heterocycles. The molecule has 0 unspecified atom stereocenters. The van der Waals surface area contributed by atoms with E-state index in [0.717, 1.165) is 33.4 Å². The highest BCUT2D eigenvalue weighted by molar-refractivity contribution is 6.19. The summed E-state index contributed by atoms with van der Waals surface area (Å²) in [6, 6.07) is 15.7. The number of carbonyl (C=O) groups excluding carboxylic acids is 2. The maximum atomic E-state index is 13.4. The van der Waals surface area contributed by atoms with Gasteiger partial charge in [-0.1, -0.05) is 24.3 Å². The summed E-state index contributed by atoms with van der Waals surface area (Å²) in [6.07, 6.45) is 1.78. The van der Waals surface area contributed by atoms with Crippen molar-refractivity contribution in [3.63, 3.8) is 0 Å². The van der Waals surface area contributed by atoms with Gasteiger partial charge in [-0.05, 0) is 70.0 Å². The number of rotatable bonds is 8. The molecular weight excluding hydrogens is 556 g/mol. The molecule has 0 bridgehead atoms. The minimum atomic E-state index is -1.17. The van der Waals surface area contributed by atoms with Crippen LogP contribution in [0.25, 0.3) is 21.9 Å². The molecule has 2 aromatic carbocycles. The van der Waals surface area contributed by atoms with Crippen molar-refractivity contribution in [2.75, 3.05) is 29.9 Å². The molecule has 0 radical (unpaired) electrons. The lowest BCUT2D eigenvalue weighted by molar-refractivity contribution is -0.137. The number of fused-ring (bicyclic) bond motifs is 3. The fourth-order valence-corrected chi connectivity index (χ4v) is 6.22. The molecule has 6 rings (SSSR count). The third-order valence-electron chi connectivity index (χ3n) is 8.72. The molecular formula is C34H38N6O4. The van der Waals surface area contributed by atoms with Gasteiger partial charge < -0.3 is 18.8 Å². The standard InChI is InChI=1S/C34H38N6O4/c1-7-40-27-12-11-23(18-28(27)37(6)32(42)34(4,5)33(40)43)19-38(20-26-24-10-8-9-21(2)30(24)36-35-26)15-16-39-14-13-29-25(31(39)41)17-22(3)44-29/h8-14,17-18H,7,15-16,19-20H2,1-6H3,(H,35,36). The van der Waals surface area contributed by atoms with Crippen molar-refractivity contribution in [2.24, 2.45) is 5.41 Å². The Morgan fingerprint density at radius 3 is 2.52 bits per heavy atom. The number of furan rings is 1. The topological polar surface area (TPSA) is 108 Å². The van der Waals surface area contributed by atoms with Crippen LogP contribution in [0, 0.1) is 19.3 Å². The lowest BCUT2D eigenvalue weighted by Crippen LogP contribution is -2.47. The number of para-hydroxylation sites is 1. The van der Waals surface area contributed by atoms with Gasteiger partial charge in [-0.2, -0.15) is 5.10 Å². The zero-order valence-corrected chi connectivity index (χ0v) is 26.1. The molecule has 10 heteroatoms. The van der Waals surface area contributed by atoms with Gasteiger partial charge in [0.15, 0.2) is 0 Å². The number of nitrogens with one attached hydrogen (secondary N) is 1. The number of carbonyl (C=O) groups is 2. The summed E-state index contributed by atoms with van der Waals surface area (Å²) in [5, 5.41) is 9.45. The Morgan fingerprint density at radius 1 is 0.955 bits per heavy atom. The van der Waals surface area contributed by atoms with E-state index < -0.39 is 5.41 Å². The average molecular weight is 595 g/mol. The highest BCUT2D eigenvalue weighted by Crippen LogP contribution is 2.39. The number of H-pyrrole nitrogens is 1. The molecule has 44 heavy (non-hydrogen) atoms. The third kappa shape index (κ3) is 4.98. The third-order valence-corrected chi connectivity index (χ3v) is 8.72. The van der Waals surface area contributed by atoms with Crippen LogP contribution in [0.2, 0.25) is 0 Å². The van der Waals surface area contributed by atoms with Gasteiger partial charge in [0, 0.05) is 51.4 Å². The first-order chi connectivity index (χ1) is 21.0. The summed E-state index contributed by atoms with van der Waals surface area (Å²) in [5.74, 6) is 0.259. The number of aromatic nitrogens is 3. The van der Waals surface area contributed by atoms with Crippen molar-refractivity contribution >= 4 is 45.1 Å². The Kier molecular flexibility index (Phi) is 7.41. The molecule has 228 valence electrons. The second kappa shape index (κ2) is 11.1. The molecule has 0 saturated heterocycles. The fraction of sp³-hybridized carbons (Fsp3) is 0.353. The molecule has 10 nitrogen and oxygen atoms in total. The van der Waals surface area contributed by atoms with Gasteiger partial charge in [-0.15, -0.1) is 0 Å². The molecule has 5 aromatic rings. The van der Waals surface area contributed by atoms with Crippen molar-refractivity contribution in [1.29, 1.82) is 0 Å². The molecule has 0 fully saturated rings. The van der Waals surface area contributed by atoms with Crippen molar-refractivity contribution in [2.45, 2.75) is 54.3 Å². The van der Waals surface area contributed by atoms with Crippen LogP contribution >= 0.6 is 0 Å². The second-order valence-electron chi connectivity index (χ2n) is 12.2. The van der Waals surface area contributed by atoms with Crippen LogP contribution in [0.3, 0.4) is 0 Å². The van der Waals surface area contributed by atoms with Crippen LogP contribution in [-0.2, 0) is 29.2 Å². The van der Waals surface area contributed by atoms with E-state index in [1.807, 2.05) is 57.2 Å². The largest absolute Gasteiger partial charge is 0.461 e. The zero-order chi connectivity index (χ0) is 31.3. The van der Waals surface area contributed by atoms with Gasteiger partial charge in [0.1, 0.15) is 16.8 Å². The number of benzene rings is 2. The minimum Gasteiger partial charge on any atom is -0.461 e. The number of aryl methyl sites for hydroxylation is 2. The number of anilines is 2. The van der Waals surface area contributed by atoms with Crippen LogP contribution in [0.15, 0.2) is 63.9 Å². The Bertz CT molecular complexity index is 1970. The smallest absolute Gasteiger partial charge is 0.261 e. The summed E-state index contributed by atoms with van der Waals surface area (Å²) in [6.45, 7) is 11.8. The minimum absolute atomic E-state index is 0.0842. The van der Waals surface area contributed by atoms with Gasteiger partial charge >= 0.3 is 0 Å². The Hall–Kier alpha value is -4.70. The summed E-state index contributed by atoms with van der Waals surface area (Å²) in [5.41, 5.74) is 4.78. The van der Waals surface area contributed by atoms with E-state index >= 15 is 0 Å². The molecule has 1 N–H and O–H groups in total. The van der Waals surface area contributed by atoms with Crippen molar-refractivity contribution in [3.05, 3.63) is 87.7 Å². The summed E-state index contributed by atoms with van der Waals surface area (Å²) < 4.78 is 7.37. The molecule has 0 atom stereocenters. The quantitative estimate of drug-likeness (QED) is 0.249. The SMILES string of the molecule is CCN1C(=O)C(C)(C)C(=O)N(C)c2cc(CN(CCn3ccc4oc(C)cc4c3=O)Cc3[nH]nc4c(C)cccc34)ccc21. The number of nitrogens with zero attached hydrogens (tertiary/aromatic N) is 5. The van der Waals surface area contributed by atoms with Gasteiger partial charge in [0.05, 0.1) is 28.0 Å². The van der Waals surface area contributed by atoms with Crippen molar-refractivity contribution in [3.8, 4) is 0 Å². The van der Waals surface area contributed by atoms with Crippen molar-refractivity contribution in [1.82, 2.24) is 19.7 Å². The van der Waals surface area contributed by atoms with E-state index in [0.29, 0.717) is 55.1 Å². The van der Waals surface area contributed by atoms with E-state index in [-0.39, 0.29) is 17.4 Å². The molecule has 0 saturated carbocycles. The Balaban J connectivity index is 1.34. The summed E-state index contributed by atoms with van der Waals surface area (Å²) in [4.78, 5) is 45.5. The highest BCUT2D eigenvalue weighted by Gasteiger charge is 2.45. The molecule has 0 aliphatic carbocycles. The first-order valence-corrected chi connectivity index (χ1v) is 15.0. The van der Waals surface area contributed by atoms with Crippen LogP contribution in [-0.4, -0.2) is 51.6 Å². The number of hydrogen-bond acceptors (Lipinski definition) is 6. The number of hydrogen-bond donors (Lipinski definition) is 1. The van der Waals surface area contributed by atoms with E-state index in [1.54, 1.807) is 47.5 Å². The first kappa shape index (κ1) is 29.4.